The molecule has 12 heteroatoms. The molecule has 0 heterocycles. The zero-order valence-corrected chi connectivity index (χ0v) is 18.6. The molecule has 2 aromatic rings. The molecule has 176 valence electrons. The SMILES string of the molecule is C=CCOC(=O)Nc1c(CCC(=O)OCC)cccc1NS(=O)(=O)c1cccc([N+](=O)[O-])c1. The van der Waals surface area contributed by atoms with Crippen molar-refractivity contribution < 1.29 is 32.4 Å². The minimum absolute atomic E-state index is 0.00862. The van der Waals surface area contributed by atoms with Gasteiger partial charge in [-0.05, 0) is 31.0 Å². The molecular weight excluding hydrogens is 454 g/mol. The summed E-state index contributed by atoms with van der Waals surface area (Å²) >= 11 is 0. The minimum Gasteiger partial charge on any atom is -0.466 e. The topological polar surface area (TPSA) is 154 Å². The minimum atomic E-state index is -4.26. The highest BCUT2D eigenvalue weighted by molar-refractivity contribution is 7.92. The van der Waals surface area contributed by atoms with Crippen molar-refractivity contribution in [3.05, 3.63) is 70.8 Å². The number of nitro groups is 1. The molecule has 0 spiro atoms. The predicted molar refractivity (Wildman–Crippen MR) is 120 cm³/mol. The number of para-hydroxylation sites is 1. The Hall–Kier alpha value is -3.93. The molecule has 0 atom stereocenters. The summed E-state index contributed by atoms with van der Waals surface area (Å²) in [5, 5.41) is 13.5. The lowest BCUT2D eigenvalue weighted by molar-refractivity contribution is -0.385. The van der Waals surface area contributed by atoms with E-state index in [4.69, 9.17) is 9.47 Å². The first kappa shape index (κ1) is 25.3. The number of carbonyl (C=O) groups excluding carboxylic acids is 2. The Balaban J connectivity index is 2.41. The molecule has 0 aromatic heterocycles. The Kier molecular flexibility index (Phi) is 8.92. The predicted octanol–water partition coefficient (Wildman–Crippen LogP) is 3.63. The van der Waals surface area contributed by atoms with Crippen LogP contribution in [0.1, 0.15) is 18.9 Å². The fourth-order valence-corrected chi connectivity index (χ4v) is 3.86. The van der Waals surface area contributed by atoms with E-state index in [2.05, 4.69) is 16.6 Å². The van der Waals surface area contributed by atoms with Crippen molar-refractivity contribution in [3.63, 3.8) is 0 Å². The monoisotopic (exact) mass is 477 g/mol. The molecule has 1 amide bonds. The fourth-order valence-electron chi connectivity index (χ4n) is 2.75. The van der Waals surface area contributed by atoms with Crippen molar-refractivity contribution in [2.24, 2.45) is 0 Å². The molecule has 2 rings (SSSR count). The average molecular weight is 477 g/mol. The molecule has 2 aromatic carbocycles. The van der Waals surface area contributed by atoms with Gasteiger partial charge in [0.15, 0.2) is 0 Å². The third-order valence-corrected chi connectivity index (χ3v) is 5.56. The zero-order valence-electron chi connectivity index (χ0n) is 17.8. The number of anilines is 2. The number of ether oxygens (including phenoxy) is 2. The first-order valence-corrected chi connectivity index (χ1v) is 11.3. The third-order valence-electron chi connectivity index (χ3n) is 4.20. The molecule has 0 aliphatic heterocycles. The third kappa shape index (κ3) is 7.31. The smallest absolute Gasteiger partial charge is 0.412 e. The number of non-ortho nitro benzene ring substituents is 1. The number of esters is 1. The standard InChI is InChI=1S/C21H23N3O8S/c1-3-13-32-21(26)22-20-15(11-12-19(25)31-4-2)7-5-10-18(20)23-33(29,30)17-9-6-8-16(14-17)24(27)28/h3,5-10,14,23H,1,4,11-13H2,2H3,(H,22,26). The maximum Gasteiger partial charge on any atom is 0.412 e. The van der Waals surface area contributed by atoms with Gasteiger partial charge in [0.1, 0.15) is 6.61 Å². The van der Waals surface area contributed by atoms with Gasteiger partial charge in [0.25, 0.3) is 15.7 Å². The molecule has 0 radical (unpaired) electrons. The van der Waals surface area contributed by atoms with Crippen molar-refractivity contribution in [2.45, 2.75) is 24.7 Å². The van der Waals surface area contributed by atoms with Crippen LogP contribution in [0, 0.1) is 10.1 Å². The van der Waals surface area contributed by atoms with Gasteiger partial charge in [-0.3, -0.25) is 24.9 Å². The Labute approximate surface area is 190 Å². The van der Waals surface area contributed by atoms with E-state index in [0.29, 0.717) is 5.56 Å². The number of hydrogen-bond donors (Lipinski definition) is 2. The van der Waals surface area contributed by atoms with E-state index in [1.165, 1.54) is 30.3 Å². The van der Waals surface area contributed by atoms with Gasteiger partial charge in [0.05, 0.1) is 27.8 Å². The van der Waals surface area contributed by atoms with Crippen LogP contribution in [-0.4, -0.2) is 38.6 Å². The van der Waals surface area contributed by atoms with Crippen molar-refractivity contribution in [1.82, 2.24) is 0 Å². The number of aryl methyl sites for hydroxylation is 1. The lowest BCUT2D eigenvalue weighted by atomic mass is 10.1. The van der Waals surface area contributed by atoms with Gasteiger partial charge in [-0.1, -0.05) is 30.9 Å². The number of benzene rings is 2. The maximum absolute atomic E-state index is 12.9. The molecule has 33 heavy (non-hydrogen) atoms. The van der Waals surface area contributed by atoms with E-state index >= 15 is 0 Å². The first-order valence-electron chi connectivity index (χ1n) is 9.77. The molecule has 0 bridgehead atoms. The van der Waals surface area contributed by atoms with Crippen LogP contribution in [0.25, 0.3) is 0 Å². The number of rotatable bonds is 11. The fraction of sp³-hybridized carbons (Fsp3) is 0.238. The number of nitrogens with zero attached hydrogens (tertiary/aromatic N) is 1. The van der Waals surface area contributed by atoms with E-state index < -0.39 is 32.7 Å². The van der Waals surface area contributed by atoms with E-state index in [0.717, 1.165) is 12.1 Å². The van der Waals surface area contributed by atoms with Crippen LogP contribution < -0.4 is 10.0 Å². The van der Waals surface area contributed by atoms with Crippen molar-refractivity contribution in [2.75, 3.05) is 23.3 Å². The van der Waals surface area contributed by atoms with Gasteiger partial charge in [-0.15, -0.1) is 0 Å². The van der Waals surface area contributed by atoms with Crippen LogP contribution in [0.15, 0.2) is 60.0 Å². The molecule has 2 N–H and O–H groups in total. The van der Waals surface area contributed by atoms with Crippen molar-refractivity contribution >= 4 is 39.1 Å². The van der Waals surface area contributed by atoms with Gasteiger partial charge in [0, 0.05) is 18.6 Å². The summed E-state index contributed by atoms with van der Waals surface area (Å²) in [6.07, 6.45) is 0.625. The van der Waals surface area contributed by atoms with Gasteiger partial charge in [0.2, 0.25) is 0 Å². The maximum atomic E-state index is 12.9. The van der Waals surface area contributed by atoms with E-state index in [-0.39, 0.29) is 42.3 Å². The highest BCUT2D eigenvalue weighted by Crippen LogP contribution is 2.30. The van der Waals surface area contributed by atoms with Crippen LogP contribution in [0.3, 0.4) is 0 Å². The summed E-state index contributed by atoms with van der Waals surface area (Å²) in [7, 11) is -4.26. The van der Waals surface area contributed by atoms with Crippen LogP contribution in [0.2, 0.25) is 0 Å². The quantitative estimate of drug-likeness (QED) is 0.215. The second kappa shape index (κ2) is 11.6. The first-order chi connectivity index (χ1) is 15.7. The normalized spacial score (nSPS) is 10.7. The zero-order chi connectivity index (χ0) is 24.4. The second-order valence-corrected chi connectivity index (χ2v) is 8.20. The summed E-state index contributed by atoms with van der Waals surface area (Å²) in [4.78, 5) is 33.9. The highest BCUT2D eigenvalue weighted by Gasteiger charge is 2.21. The van der Waals surface area contributed by atoms with Crippen LogP contribution >= 0.6 is 0 Å². The molecule has 0 fully saturated rings. The van der Waals surface area contributed by atoms with Crippen LogP contribution in [-0.2, 0) is 30.7 Å². The lowest BCUT2D eigenvalue weighted by Crippen LogP contribution is -2.19. The van der Waals surface area contributed by atoms with Crippen LogP contribution in [0.4, 0.5) is 21.9 Å². The number of hydrogen-bond acceptors (Lipinski definition) is 8. The van der Waals surface area contributed by atoms with Crippen molar-refractivity contribution in [1.29, 1.82) is 0 Å². The summed E-state index contributed by atoms with van der Waals surface area (Å²) in [6.45, 7) is 5.25. The van der Waals surface area contributed by atoms with Gasteiger partial charge in [-0.2, -0.15) is 0 Å². The molecule has 0 aliphatic rings. The number of nitro benzene ring substituents is 1. The van der Waals surface area contributed by atoms with E-state index in [1.54, 1.807) is 13.0 Å². The van der Waals surface area contributed by atoms with Crippen molar-refractivity contribution in [3.8, 4) is 0 Å². The van der Waals surface area contributed by atoms with E-state index in [9.17, 15) is 28.1 Å². The van der Waals surface area contributed by atoms with Gasteiger partial charge < -0.3 is 9.47 Å². The Morgan fingerprint density at radius 2 is 1.91 bits per heavy atom. The average Bonchev–Trinajstić information content (AvgIpc) is 2.78. The molecule has 0 saturated carbocycles. The number of sulfonamides is 1. The van der Waals surface area contributed by atoms with Crippen LogP contribution in [0.5, 0.6) is 0 Å². The molecule has 0 unspecified atom stereocenters. The summed E-state index contributed by atoms with van der Waals surface area (Å²) in [6, 6.07) is 9.06. The summed E-state index contributed by atoms with van der Waals surface area (Å²) in [5.74, 6) is -0.458. The second-order valence-electron chi connectivity index (χ2n) is 6.52. The molecule has 0 aliphatic carbocycles. The summed E-state index contributed by atoms with van der Waals surface area (Å²) in [5.41, 5.74) is 0.105. The Morgan fingerprint density at radius 1 is 1.18 bits per heavy atom. The number of amides is 1. The highest BCUT2D eigenvalue weighted by atomic mass is 32.2. The van der Waals surface area contributed by atoms with E-state index in [1.807, 2.05) is 0 Å². The van der Waals surface area contributed by atoms with Gasteiger partial charge in [-0.25, -0.2) is 13.2 Å². The largest absolute Gasteiger partial charge is 0.466 e. The Bertz CT molecular complexity index is 1150. The number of nitrogens with one attached hydrogen (secondary N) is 2. The van der Waals surface area contributed by atoms with Gasteiger partial charge >= 0.3 is 12.1 Å². The molecule has 0 saturated heterocycles. The molecule has 11 nitrogen and oxygen atoms in total. The Morgan fingerprint density at radius 3 is 2.58 bits per heavy atom. The summed E-state index contributed by atoms with van der Waals surface area (Å²) < 4.78 is 37.9. The lowest BCUT2D eigenvalue weighted by Gasteiger charge is -2.17. The number of carbonyl (C=O) groups is 2. The molecular formula is C21H23N3O8S.